The SMILES string of the molecule is CCOC(=O)[C@@H](Cc1ncccn1)OC(=O)Nc1c2c(cc3c1CCC3)CCC2. The minimum absolute atomic E-state index is 0.0676. The van der Waals surface area contributed by atoms with Crippen LogP contribution in [0.1, 0.15) is 47.8 Å². The molecule has 0 bridgehead atoms. The zero-order valence-electron chi connectivity index (χ0n) is 16.6. The monoisotopic (exact) mass is 395 g/mol. The minimum atomic E-state index is -1.10. The quantitative estimate of drug-likeness (QED) is 0.756. The average Bonchev–Trinajstić information content (AvgIpc) is 3.37. The number of nitrogens with zero attached hydrogens (tertiary/aromatic N) is 2. The Hall–Kier alpha value is -2.96. The van der Waals surface area contributed by atoms with Crippen molar-refractivity contribution in [3.63, 3.8) is 0 Å². The van der Waals surface area contributed by atoms with E-state index in [4.69, 9.17) is 9.47 Å². The Morgan fingerprint density at radius 1 is 1.07 bits per heavy atom. The summed E-state index contributed by atoms with van der Waals surface area (Å²) in [5.41, 5.74) is 5.94. The number of hydrogen-bond donors (Lipinski definition) is 1. The van der Waals surface area contributed by atoms with Crippen LogP contribution in [-0.2, 0) is 46.4 Å². The predicted molar refractivity (Wildman–Crippen MR) is 107 cm³/mol. The van der Waals surface area contributed by atoms with Crippen molar-refractivity contribution in [2.75, 3.05) is 11.9 Å². The van der Waals surface area contributed by atoms with Crippen molar-refractivity contribution < 1.29 is 19.1 Å². The summed E-state index contributed by atoms with van der Waals surface area (Å²) < 4.78 is 10.6. The molecule has 0 unspecified atom stereocenters. The number of amides is 1. The molecule has 1 atom stereocenters. The first-order valence-electron chi connectivity index (χ1n) is 10.2. The zero-order chi connectivity index (χ0) is 20.2. The van der Waals surface area contributed by atoms with Gasteiger partial charge >= 0.3 is 12.1 Å². The topological polar surface area (TPSA) is 90.4 Å². The molecule has 2 aliphatic rings. The lowest BCUT2D eigenvalue weighted by molar-refractivity contribution is -0.152. The van der Waals surface area contributed by atoms with Gasteiger partial charge in [-0.05, 0) is 73.8 Å². The van der Waals surface area contributed by atoms with Crippen LogP contribution in [0.5, 0.6) is 0 Å². The second kappa shape index (κ2) is 8.59. The highest BCUT2D eigenvalue weighted by atomic mass is 16.6. The predicted octanol–water partition coefficient (Wildman–Crippen LogP) is 3.18. The standard InChI is InChI=1S/C22H25N3O4/c1-2-28-21(26)18(13-19-23-10-5-11-24-19)29-22(27)25-20-16-8-3-6-14(16)12-15-7-4-9-17(15)20/h5,10-12,18H,2-4,6-9,13H2,1H3,(H,25,27)/t18-/m1/s1. The maximum atomic E-state index is 12.7. The number of anilines is 1. The first kappa shape index (κ1) is 19.4. The summed E-state index contributed by atoms with van der Waals surface area (Å²) in [5.74, 6) is -0.182. The third-order valence-corrected chi connectivity index (χ3v) is 5.49. The van der Waals surface area contributed by atoms with Gasteiger partial charge in [-0.15, -0.1) is 0 Å². The number of rotatable bonds is 6. The van der Waals surface area contributed by atoms with E-state index >= 15 is 0 Å². The highest BCUT2D eigenvalue weighted by Gasteiger charge is 2.29. The molecule has 0 saturated heterocycles. The zero-order valence-corrected chi connectivity index (χ0v) is 16.6. The molecule has 7 nitrogen and oxygen atoms in total. The maximum Gasteiger partial charge on any atom is 0.412 e. The second-order valence-corrected chi connectivity index (χ2v) is 7.37. The van der Waals surface area contributed by atoms with Gasteiger partial charge in [-0.2, -0.15) is 0 Å². The Bertz CT molecular complexity index is 882. The fourth-order valence-electron chi connectivity index (χ4n) is 4.24. The van der Waals surface area contributed by atoms with Crippen molar-refractivity contribution >= 4 is 17.7 Å². The molecule has 7 heteroatoms. The molecule has 1 heterocycles. The average molecular weight is 395 g/mol. The normalized spacial score (nSPS) is 15.3. The number of carbonyl (C=O) groups excluding carboxylic acids is 2. The van der Waals surface area contributed by atoms with Gasteiger partial charge in [0.2, 0.25) is 6.10 Å². The van der Waals surface area contributed by atoms with Gasteiger partial charge in [-0.3, -0.25) is 5.32 Å². The summed E-state index contributed by atoms with van der Waals surface area (Å²) in [5, 5.41) is 2.95. The van der Waals surface area contributed by atoms with Crippen LogP contribution in [0.15, 0.2) is 24.5 Å². The van der Waals surface area contributed by atoms with E-state index in [0.717, 1.165) is 44.2 Å². The van der Waals surface area contributed by atoms with E-state index < -0.39 is 18.2 Å². The van der Waals surface area contributed by atoms with Crippen molar-refractivity contribution in [2.24, 2.45) is 0 Å². The second-order valence-electron chi connectivity index (χ2n) is 7.37. The van der Waals surface area contributed by atoms with E-state index in [1.165, 1.54) is 22.3 Å². The van der Waals surface area contributed by atoms with E-state index in [1.807, 2.05) is 0 Å². The molecule has 29 heavy (non-hydrogen) atoms. The van der Waals surface area contributed by atoms with Gasteiger partial charge in [0, 0.05) is 12.4 Å². The Balaban J connectivity index is 1.52. The van der Waals surface area contributed by atoms with Crippen LogP contribution in [-0.4, -0.2) is 34.7 Å². The highest BCUT2D eigenvalue weighted by molar-refractivity contribution is 5.90. The number of carbonyl (C=O) groups is 2. The van der Waals surface area contributed by atoms with E-state index in [2.05, 4.69) is 21.4 Å². The molecule has 2 aliphatic carbocycles. The smallest absolute Gasteiger partial charge is 0.412 e. The largest absolute Gasteiger partial charge is 0.463 e. The van der Waals surface area contributed by atoms with Crippen LogP contribution in [0.2, 0.25) is 0 Å². The van der Waals surface area contributed by atoms with E-state index in [1.54, 1.807) is 25.4 Å². The third-order valence-electron chi connectivity index (χ3n) is 5.49. The highest BCUT2D eigenvalue weighted by Crippen LogP contribution is 2.38. The van der Waals surface area contributed by atoms with E-state index in [9.17, 15) is 9.59 Å². The van der Waals surface area contributed by atoms with Gasteiger partial charge in [0.1, 0.15) is 5.82 Å². The Morgan fingerprint density at radius 3 is 2.34 bits per heavy atom. The Labute approximate surface area is 169 Å². The van der Waals surface area contributed by atoms with Crippen molar-refractivity contribution in [2.45, 2.75) is 58.0 Å². The summed E-state index contributed by atoms with van der Waals surface area (Å²) in [6.45, 7) is 1.92. The molecule has 0 spiro atoms. The molecule has 1 amide bonds. The van der Waals surface area contributed by atoms with Crippen LogP contribution < -0.4 is 5.32 Å². The fourth-order valence-corrected chi connectivity index (χ4v) is 4.24. The maximum absolute atomic E-state index is 12.7. The van der Waals surface area contributed by atoms with Crippen LogP contribution in [0.25, 0.3) is 0 Å². The first-order valence-corrected chi connectivity index (χ1v) is 10.2. The number of fused-ring (bicyclic) bond motifs is 2. The molecule has 0 aliphatic heterocycles. The molecular formula is C22H25N3O4. The molecule has 4 rings (SSSR count). The van der Waals surface area contributed by atoms with Crippen molar-refractivity contribution in [3.8, 4) is 0 Å². The number of hydrogen-bond acceptors (Lipinski definition) is 6. The lowest BCUT2D eigenvalue weighted by atomic mass is 9.99. The molecule has 1 N–H and O–H groups in total. The first-order chi connectivity index (χ1) is 14.2. The summed E-state index contributed by atoms with van der Waals surface area (Å²) in [7, 11) is 0. The van der Waals surface area contributed by atoms with Gasteiger partial charge in [-0.25, -0.2) is 19.6 Å². The lowest BCUT2D eigenvalue weighted by Gasteiger charge is -2.19. The van der Waals surface area contributed by atoms with Crippen molar-refractivity contribution in [3.05, 3.63) is 52.6 Å². The van der Waals surface area contributed by atoms with Gasteiger partial charge in [-0.1, -0.05) is 6.07 Å². The number of benzene rings is 1. The number of ether oxygens (including phenoxy) is 2. The number of esters is 1. The lowest BCUT2D eigenvalue weighted by Crippen LogP contribution is -2.33. The summed E-state index contributed by atoms with van der Waals surface area (Å²) in [6.07, 6.45) is 7.69. The van der Waals surface area contributed by atoms with Crippen LogP contribution in [0.3, 0.4) is 0 Å². The third kappa shape index (κ3) is 4.23. The molecular weight excluding hydrogens is 370 g/mol. The summed E-state index contributed by atoms with van der Waals surface area (Å²) in [6, 6.07) is 3.99. The molecule has 1 aromatic carbocycles. The van der Waals surface area contributed by atoms with Crippen molar-refractivity contribution in [1.82, 2.24) is 9.97 Å². The van der Waals surface area contributed by atoms with Crippen LogP contribution in [0, 0.1) is 0 Å². The Kier molecular flexibility index (Phi) is 5.74. The van der Waals surface area contributed by atoms with Gasteiger partial charge in [0.15, 0.2) is 0 Å². The van der Waals surface area contributed by atoms with Crippen LogP contribution >= 0.6 is 0 Å². The van der Waals surface area contributed by atoms with E-state index in [-0.39, 0.29) is 13.0 Å². The fraction of sp³-hybridized carbons (Fsp3) is 0.455. The summed E-state index contributed by atoms with van der Waals surface area (Å²) in [4.78, 5) is 33.3. The Morgan fingerprint density at radius 2 is 1.72 bits per heavy atom. The van der Waals surface area contributed by atoms with E-state index in [0.29, 0.717) is 5.82 Å². The van der Waals surface area contributed by atoms with Gasteiger partial charge in [0.05, 0.1) is 18.7 Å². The number of nitrogens with one attached hydrogen (secondary N) is 1. The molecule has 2 aromatic rings. The summed E-state index contributed by atoms with van der Waals surface area (Å²) >= 11 is 0. The molecule has 0 saturated carbocycles. The molecule has 0 radical (unpaired) electrons. The molecule has 152 valence electrons. The minimum Gasteiger partial charge on any atom is -0.463 e. The number of aryl methyl sites for hydroxylation is 2. The molecule has 1 aromatic heterocycles. The number of aromatic nitrogens is 2. The molecule has 0 fully saturated rings. The van der Waals surface area contributed by atoms with Gasteiger partial charge in [0.25, 0.3) is 0 Å². The van der Waals surface area contributed by atoms with Crippen LogP contribution in [0.4, 0.5) is 10.5 Å². The van der Waals surface area contributed by atoms with Gasteiger partial charge < -0.3 is 9.47 Å². The van der Waals surface area contributed by atoms with Crippen molar-refractivity contribution in [1.29, 1.82) is 0 Å².